The van der Waals surface area contributed by atoms with E-state index < -0.39 is 0 Å². The van der Waals surface area contributed by atoms with Crippen LogP contribution in [0.4, 0.5) is 0 Å². The van der Waals surface area contributed by atoms with Crippen LogP contribution < -0.4 is 0 Å². The van der Waals surface area contributed by atoms with Gasteiger partial charge in [0.25, 0.3) is 0 Å². The number of rotatable bonds is 6. The molecule has 0 saturated heterocycles. The van der Waals surface area contributed by atoms with E-state index >= 15 is 0 Å². The summed E-state index contributed by atoms with van der Waals surface area (Å²) in [7, 11) is 3.40. The predicted octanol–water partition coefficient (Wildman–Crippen LogP) is 2.26. The Bertz CT molecular complexity index is 363. The van der Waals surface area contributed by atoms with E-state index in [4.69, 9.17) is 0 Å². The van der Waals surface area contributed by atoms with Crippen molar-refractivity contribution in [2.75, 3.05) is 20.7 Å². The fourth-order valence-corrected chi connectivity index (χ4v) is 2.23. The van der Waals surface area contributed by atoms with Crippen LogP contribution in [0.15, 0.2) is 5.38 Å². The van der Waals surface area contributed by atoms with Crippen molar-refractivity contribution in [3.8, 4) is 0 Å². The van der Waals surface area contributed by atoms with Crippen LogP contribution in [-0.4, -0.2) is 36.6 Å². The normalized spacial score (nSPS) is 11.2. The van der Waals surface area contributed by atoms with Gasteiger partial charge in [0, 0.05) is 24.4 Å². The van der Waals surface area contributed by atoms with Crippen LogP contribution in [0, 0.1) is 0 Å². The van der Waals surface area contributed by atoms with Crippen LogP contribution >= 0.6 is 11.3 Å². The molecule has 0 spiro atoms. The smallest absolute Gasteiger partial charge is 0.306 e. The second kappa shape index (κ2) is 6.71. The van der Waals surface area contributed by atoms with Gasteiger partial charge in [0.1, 0.15) is 0 Å². The van der Waals surface area contributed by atoms with Gasteiger partial charge in [-0.25, -0.2) is 4.98 Å². The highest BCUT2D eigenvalue weighted by Gasteiger charge is 2.09. The summed E-state index contributed by atoms with van der Waals surface area (Å²) < 4.78 is 4.61. The molecule has 1 heterocycles. The van der Waals surface area contributed by atoms with E-state index in [-0.39, 0.29) is 5.97 Å². The Morgan fingerprint density at radius 1 is 1.59 bits per heavy atom. The third kappa shape index (κ3) is 4.83. The quantitative estimate of drug-likeness (QED) is 0.732. The van der Waals surface area contributed by atoms with Crippen molar-refractivity contribution in [1.82, 2.24) is 9.88 Å². The minimum atomic E-state index is -0.169. The van der Waals surface area contributed by atoms with Crippen LogP contribution in [0.3, 0.4) is 0 Å². The van der Waals surface area contributed by atoms with E-state index in [1.54, 1.807) is 11.3 Å². The Balaban J connectivity index is 2.39. The van der Waals surface area contributed by atoms with Crippen molar-refractivity contribution in [1.29, 1.82) is 0 Å². The Morgan fingerprint density at radius 2 is 2.29 bits per heavy atom. The first-order chi connectivity index (χ1) is 8.02. The maximum absolute atomic E-state index is 11.0. The van der Waals surface area contributed by atoms with Crippen molar-refractivity contribution >= 4 is 17.3 Å². The van der Waals surface area contributed by atoms with Crippen LogP contribution in [0.25, 0.3) is 0 Å². The Morgan fingerprint density at radius 3 is 2.82 bits per heavy atom. The first-order valence-electron chi connectivity index (χ1n) is 5.72. The highest BCUT2D eigenvalue weighted by Crippen LogP contribution is 2.19. The highest BCUT2D eigenvalue weighted by molar-refractivity contribution is 7.09. The number of ether oxygens (including phenoxy) is 1. The average Bonchev–Trinajstić information content (AvgIpc) is 2.74. The van der Waals surface area contributed by atoms with E-state index in [0.717, 1.165) is 12.2 Å². The lowest BCUT2D eigenvalue weighted by atomic mass is 10.2. The average molecular weight is 256 g/mol. The third-order valence-electron chi connectivity index (χ3n) is 2.42. The fourth-order valence-electron chi connectivity index (χ4n) is 1.40. The summed E-state index contributed by atoms with van der Waals surface area (Å²) in [5.74, 6) is 0.312. The molecule has 0 aliphatic carbocycles. The predicted molar refractivity (Wildman–Crippen MR) is 69.2 cm³/mol. The van der Waals surface area contributed by atoms with E-state index in [2.05, 4.69) is 33.8 Å². The molecule has 17 heavy (non-hydrogen) atoms. The Labute approximate surface area is 107 Å². The molecule has 0 aromatic carbocycles. The summed E-state index contributed by atoms with van der Waals surface area (Å²) in [5, 5.41) is 3.26. The summed E-state index contributed by atoms with van der Waals surface area (Å²) in [6.45, 7) is 5.76. The van der Waals surface area contributed by atoms with Crippen molar-refractivity contribution in [2.45, 2.75) is 32.7 Å². The van der Waals surface area contributed by atoms with E-state index in [1.807, 2.05) is 7.05 Å². The summed E-state index contributed by atoms with van der Waals surface area (Å²) in [6.07, 6.45) is 0.425. The molecule has 0 bridgehead atoms. The third-order valence-corrected chi connectivity index (χ3v) is 3.61. The first kappa shape index (κ1) is 14.1. The molecule has 96 valence electrons. The fraction of sp³-hybridized carbons (Fsp3) is 0.667. The molecule has 5 heteroatoms. The second-order valence-corrected chi connectivity index (χ2v) is 5.29. The van der Waals surface area contributed by atoms with Gasteiger partial charge < -0.3 is 4.74 Å². The van der Waals surface area contributed by atoms with Gasteiger partial charge in [-0.15, -0.1) is 11.3 Å². The number of hydrogen-bond acceptors (Lipinski definition) is 5. The minimum absolute atomic E-state index is 0.169. The van der Waals surface area contributed by atoms with Gasteiger partial charge in [0.15, 0.2) is 0 Å². The number of aromatic nitrogens is 1. The molecule has 1 aromatic rings. The number of esters is 1. The van der Waals surface area contributed by atoms with Gasteiger partial charge in [0.05, 0.1) is 24.2 Å². The van der Waals surface area contributed by atoms with Gasteiger partial charge in [-0.3, -0.25) is 9.69 Å². The molecule has 0 N–H and O–H groups in total. The molecule has 0 fully saturated rings. The largest absolute Gasteiger partial charge is 0.469 e. The maximum Gasteiger partial charge on any atom is 0.306 e. The lowest BCUT2D eigenvalue weighted by molar-refractivity contribution is -0.140. The standard InChI is InChI=1S/C12H20N2O2S/c1-9(2)12-13-10(8-17-12)7-14(3)6-5-11(15)16-4/h8-9H,5-7H2,1-4H3. The number of hydrogen-bond donors (Lipinski definition) is 0. The first-order valence-corrected chi connectivity index (χ1v) is 6.60. The SMILES string of the molecule is COC(=O)CCN(C)Cc1csc(C(C)C)n1. The molecule has 0 amide bonds. The zero-order valence-electron chi connectivity index (χ0n) is 10.9. The van der Waals surface area contributed by atoms with Crippen LogP contribution in [0.1, 0.15) is 36.9 Å². The molecule has 1 aromatic heterocycles. The van der Waals surface area contributed by atoms with Crippen molar-refractivity contribution in [2.24, 2.45) is 0 Å². The summed E-state index contributed by atoms with van der Waals surface area (Å²) >= 11 is 1.70. The molecule has 0 saturated carbocycles. The van der Waals surface area contributed by atoms with E-state index in [1.165, 1.54) is 12.1 Å². The van der Waals surface area contributed by atoms with Crippen LogP contribution in [-0.2, 0) is 16.1 Å². The van der Waals surface area contributed by atoms with Gasteiger partial charge in [-0.1, -0.05) is 13.8 Å². The van der Waals surface area contributed by atoms with Gasteiger partial charge in [0.2, 0.25) is 0 Å². The van der Waals surface area contributed by atoms with Gasteiger partial charge >= 0.3 is 5.97 Å². The maximum atomic E-state index is 11.0. The van der Waals surface area contributed by atoms with Crippen LogP contribution in [0.5, 0.6) is 0 Å². The number of thiazole rings is 1. The molecule has 0 aliphatic rings. The monoisotopic (exact) mass is 256 g/mol. The number of carbonyl (C=O) groups excluding carboxylic acids is 1. The Hall–Kier alpha value is -0.940. The van der Waals surface area contributed by atoms with Crippen molar-refractivity contribution in [3.63, 3.8) is 0 Å². The lowest BCUT2D eigenvalue weighted by Crippen LogP contribution is -2.22. The summed E-state index contributed by atoms with van der Waals surface area (Å²) in [6, 6.07) is 0. The molecule has 0 radical (unpaired) electrons. The summed E-state index contributed by atoms with van der Waals surface area (Å²) in [5.41, 5.74) is 1.08. The Kier molecular flexibility index (Phi) is 5.58. The summed E-state index contributed by atoms with van der Waals surface area (Å²) in [4.78, 5) is 17.6. The number of methoxy groups -OCH3 is 1. The van der Waals surface area contributed by atoms with Crippen molar-refractivity contribution in [3.05, 3.63) is 16.1 Å². The number of nitrogens with zero attached hydrogens (tertiary/aromatic N) is 2. The number of carbonyl (C=O) groups is 1. The van der Waals surface area contributed by atoms with E-state index in [9.17, 15) is 4.79 Å². The topological polar surface area (TPSA) is 42.4 Å². The molecular formula is C12H20N2O2S. The molecule has 0 atom stereocenters. The molecular weight excluding hydrogens is 236 g/mol. The molecule has 4 nitrogen and oxygen atoms in total. The molecule has 0 unspecified atom stereocenters. The van der Waals surface area contributed by atoms with Gasteiger partial charge in [-0.2, -0.15) is 0 Å². The lowest BCUT2D eigenvalue weighted by Gasteiger charge is -2.13. The van der Waals surface area contributed by atoms with E-state index in [0.29, 0.717) is 18.9 Å². The highest BCUT2D eigenvalue weighted by atomic mass is 32.1. The molecule has 0 aliphatic heterocycles. The second-order valence-electron chi connectivity index (χ2n) is 4.40. The zero-order valence-corrected chi connectivity index (χ0v) is 11.7. The molecule has 1 rings (SSSR count). The van der Waals surface area contributed by atoms with Crippen LogP contribution in [0.2, 0.25) is 0 Å². The minimum Gasteiger partial charge on any atom is -0.469 e. The van der Waals surface area contributed by atoms with Gasteiger partial charge in [-0.05, 0) is 7.05 Å². The van der Waals surface area contributed by atoms with Crippen molar-refractivity contribution < 1.29 is 9.53 Å². The zero-order chi connectivity index (χ0) is 12.8.